The molecule has 1 N–H and O–H groups in total. The van der Waals surface area contributed by atoms with Crippen molar-refractivity contribution < 1.29 is 5.11 Å². The van der Waals surface area contributed by atoms with Gasteiger partial charge in [0, 0.05) is 30.5 Å². The summed E-state index contributed by atoms with van der Waals surface area (Å²) in [6.45, 7) is 5.38. The predicted octanol–water partition coefficient (Wildman–Crippen LogP) is 2.83. The Morgan fingerprint density at radius 2 is 2.10 bits per heavy atom. The zero-order chi connectivity index (χ0) is 14.0. The number of piperidine rings is 1. The molecule has 0 radical (unpaired) electrons. The Morgan fingerprint density at radius 1 is 1.25 bits per heavy atom. The van der Waals surface area contributed by atoms with Crippen LogP contribution in [0.5, 0.6) is 0 Å². The number of pyridine rings is 1. The molecule has 1 atom stereocenters. The third kappa shape index (κ3) is 2.84. The fraction of sp³-hybridized carbons (Fsp3) is 0.471. The number of hydrogen-bond acceptors (Lipinski definition) is 3. The molecule has 0 amide bonds. The highest BCUT2D eigenvalue weighted by Gasteiger charge is 2.30. The minimum absolute atomic E-state index is 0.0507. The van der Waals surface area contributed by atoms with Gasteiger partial charge in [0.25, 0.3) is 0 Å². The Labute approximate surface area is 120 Å². The average molecular weight is 270 g/mol. The van der Waals surface area contributed by atoms with Crippen molar-refractivity contribution in [2.24, 2.45) is 5.41 Å². The van der Waals surface area contributed by atoms with Crippen LogP contribution in [-0.2, 0) is 6.54 Å². The molecule has 0 bridgehead atoms. The lowest BCUT2D eigenvalue weighted by atomic mass is 9.83. The third-order valence-corrected chi connectivity index (χ3v) is 4.28. The van der Waals surface area contributed by atoms with Gasteiger partial charge in [0.2, 0.25) is 0 Å². The van der Waals surface area contributed by atoms with Crippen LogP contribution in [-0.4, -0.2) is 34.7 Å². The van der Waals surface area contributed by atoms with E-state index in [1.807, 2.05) is 12.1 Å². The van der Waals surface area contributed by atoms with Crippen LogP contribution in [0.2, 0.25) is 0 Å². The second-order valence-corrected chi connectivity index (χ2v) is 6.28. The summed E-state index contributed by atoms with van der Waals surface area (Å²) < 4.78 is 0. The van der Waals surface area contributed by atoms with E-state index in [-0.39, 0.29) is 12.0 Å². The first kappa shape index (κ1) is 13.5. The lowest BCUT2D eigenvalue weighted by Crippen LogP contribution is -2.43. The minimum Gasteiger partial charge on any atom is -0.396 e. The standard InChI is InChI=1S/C17H22N2O/c1-17(13-20)9-4-10-19(12-17)11-15-8-7-14-5-2-3-6-16(14)18-15/h2-3,5-8,20H,4,9-13H2,1H3. The molecule has 1 aliphatic heterocycles. The molecule has 2 heterocycles. The summed E-state index contributed by atoms with van der Waals surface area (Å²) in [7, 11) is 0. The van der Waals surface area contributed by atoms with Gasteiger partial charge in [-0.25, -0.2) is 0 Å². The lowest BCUT2D eigenvalue weighted by Gasteiger charge is -2.39. The molecule has 3 rings (SSSR count). The van der Waals surface area contributed by atoms with Crippen LogP contribution in [0.4, 0.5) is 0 Å². The number of nitrogens with zero attached hydrogens (tertiary/aromatic N) is 2. The van der Waals surface area contributed by atoms with E-state index in [0.717, 1.165) is 43.7 Å². The van der Waals surface area contributed by atoms with Crippen LogP contribution in [0.25, 0.3) is 10.9 Å². The lowest BCUT2D eigenvalue weighted by molar-refractivity contribution is 0.0424. The van der Waals surface area contributed by atoms with Gasteiger partial charge in [-0.15, -0.1) is 0 Å². The molecule has 1 saturated heterocycles. The number of fused-ring (bicyclic) bond motifs is 1. The van der Waals surface area contributed by atoms with Crippen LogP contribution in [0.15, 0.2) is 36.4 Å². The first-order chi connectivity index (χ1) is 9.68. The van der Waals surface area contributed by atoms with Gasteiger partial charge in [-0.3, -0.25) is 9.88 Å². The quantitative estimate of drug-likeness (QED) is 0.931. The van der Waals surface area contributed by atoms with Gasteiger partial charge >= 0.3 is 0 Å². The Kier molecular flexibility index (Phi) is 3.72. The van der Waals surface area contributed by atoms with E-state index in [2.05, 4.69) is 36.1 Å². The Hall–Kier alpha value is -1.45. The Balaban J connectivity index is 1.75. The van der Waals surface area contributed by atoms with E-state index in [9.17, 15) is 5.11 Å². The van der Waals surface area contributed by atoms with E-state index < -0.39 is 0 Å². The van der Waals surface area contributed by atoms with E-state index in [4.69, 9.17) is 4.98 Å². The van der Waals surface area contributed by atoms with Crippen molar-refractivity contribution in [3.63, 3.8) is 0 Å². The van der Waals surface area contributed by atoms with Crippen molar-refractivity contribution in [1.82, 2.24) is 9.88 Å². The van der Waals surface area contributed by atoms with Crippen LogP contribution in [0.3, 0.4) is 0 Å². The number of benzene rings is 1. The van der Waals surface area contributed by atoms with Crippen molar-refractivity contribution in [3.05, 3.63) is 42.1 Å². The molecule has 3 heteroatoms. The van der Waals surface area contributed by atoms with Crippen molar-refractivity contribution >= 4 is 10.9 Å². The van der Waals surface area contributed by atoms with Crippen molar-refractivity contribution in [3.8, 4) is 0 Å². The molecule has 1 aromatic heterocycles. The van der Waals surface area contributed by atoms with E-state index >= 15 is 0 Å². The molecule has 20 heavy (non-hydrogen) atoms. The molecule has 1 aliphatic rings. The fourth-order valence-corrected chi connectivity index (χ4v) is 3.12. The predicted molar refractivity (Wildman–Crippen MR) is 81.4 cm³/mol. The average Bonchev–Trinajstić information content (AvgIpc) is 2.47. The summed E-state index contributed by atoms with van der Waals surface area (Å²) in [5, 5.41) is 10.7. The van der Waals surface area contributed by atoms with Crippen LogP contribution in [0, 0.1) is 5.41 Å². The van der Waals surface area contributed by atoms with Crippen molar-refractivity contribution in [2.45, 2.75) is 26.3 Å². The van der Waals surface area contributed by atoms with Gasteiger partial charge in [0.15, 0.2) is 0 Å². The van der Waals surface area contributed by atoms with Crippen molar-refractivity contribution in [2.75, 3.05) is 19.7 Å². The largest absolute Gasteiger partial charge is 0.396 e. The maximum atomic E-state index is 9.53. The molecular formula is C17H22N2O. The molecule has 1 unspecified atom stereocenters. The maximum Gasteiger partial charge on any atom is 0.0705 e. The van der Waals surface area contributed by atoms with Gasteiger partial charge in [0.05, 0.1) is 11.2 Å². The number of likely N-dealkylation sites (tertiary alicyclic amines) is 1. The van der Waals surface area contributed by atoms with Crippen LogP contribution < -0.4 is 0 Å². The molecule has 0 aliphatic carbocycles. The van der Waals surface area contributed by atoms with Gasteiger partial charge in [-0.05, 0) is 31.5 Å². The number of para-hydroxylation sites is 1. The highest BCUT2D eigenvalue weighted by Crippen LogP contribution is 2.29. The number of aliphatic hydroxyl groups excluding tert-OH is 1. The van der Waals surface area contributed by atoms with E-state index in [0.29, 0.717) is 0 Å². The highest BCUT2D eigenvalue weighted by molar-refractivity contribution is 5.78. The topological polar surface area (TPSA) is 36.4 Å². The second-order valence-electron chi connectivity index (χ2n) is 6.28. The summed E-state index contributed by atoms with van der Waals surface area (Å²) in [6, 6.07) is 12.5. The van der Waals surface area contributed by atoms with Gasteiger partial charge in [-0.1, -0.05) is 31.2 Å². The smallest absolute Gasteiger partial charge is 0.0705 e. The zero-order valence-electron chi connectivity index (χ0n) is 12.0. The SMILES string of the molecule is CC1(CO)CCCN(Cc2ccc3ccccc3n2)C1. The zero-order valence-corrected chi connectivity index (χ0v) is 12.0. The number of aromatic nitrogens is 1. The van der Waals surface area contributed by atoms with Crippen LogP contribution >= 0.6 is 0 Å². The summed E-state index contributed by atoms with van der Waals surface area (Å²) >= 11 is 0. The fourth-order valence-electron chi connectivity index (χ4n) is 3.12. The monoisotopic (exact) mass is 270 g/mol. The highest BCUT2D eigenvalue weighted by atomic mass is 16.3. The molecule has 1 fully saturated rings. The van der Waals surface area contributed by atoms with Gasteiger partial charge in [0.1, 0.15) is 0 Å². The molecule has 3 nitrogen and oxygen atoms in total. The third-order valence-electron chi connectivity index (χ3n) is 4.28. The normalized spacial score (nSPS) is 24.1. The Bertz CT molecular complexity index is 598. The first-order valence-electron chi connectivity index (χ1n) is 7.36. The molecular weight excluding hydrogens is 248 g/mol. The molecule has 106 valence electrons. The van der Waals surface area contributed by atoms with Gasteiger partial charge < -0.3 is 5.11 Å². The summed E-state index contributed by atoms with van der Waals surface area (Å²) in [6.07, 6.45) is 2.27. The first-order valence-corrected chi connectivity index (χ1v) is 7.36. The summed E-state index contributed by atoms with van der Waals surface area (Å²) in [5.74, 6) is 0. The number of hydrogen-bond donors (Lipinski definition) is 1. The maximum absolute atomic E-state index is 9.53. The minimum atomic E-state index is 0.0507. The van der Waals surface area contributed by atoms with Gasteiger partial charge in [-0.2, -0.15) is 0 Å². The summed E-state index contributed by atoms with van der Waals surface area (Å²) in [4.78, 5) is 7.15. The molecule has 2 aromatic rings. The number of aliphatic hydroxyl groups is 1. The van der Waals surface area contributed by atoms with E-state index in [1.54, 1.807) is 0 Å². The second kappa shape index (κ2) is 5.51. The number of rotatable bonds is 3. The van der Waals surface area contributed by atoms with E-state index in [1.165, 1.54) is 5.39 Å². The Morgan fingerprint density at radius 3 is 2.95 bits per heavy atom. The molecule has 0 spiro atoms. The summed E-state index contributed by atoms with van der Waals surface area (Å²) in [5.41, 5.74) is 2.23. The van der Waals surface area contributed by atoms with Crippen molar-refractivity contribution in [1.29, 1.82) is 0 Å². The molecule has 1 aromatic carbocycles. The molecule has 0 saturated carbocycles. The van der Waals surface area contributed by atoms with Crippen LogP contribution in [0.1, 0.15) is 25.5 Å².